The third-order valence-electron chi connectivity index (χ3n) is 1.50. The summed E-state index contributed by atoms with van der Waals surface area (Å²) >= 11 is 0. The van der Waals surface area contributed by atoms with Crippen molar-refractivity contribution in [3.8, 4) is 6.07 Å². The molecule has 0 radical (unpaired) electrons. The number of nitrogens with one attached hydrogen (secondary N) is 1. The third-order valence-corrected chi connectivity index (χ3v) is 1.50. The number of hydrazone groups is 1. The van der Waals surface area contributed by atoms with Crippen LogP contribution in [0.4, 0.5) is 0 Å². The third kappa shape index (κ3) is 5.27. The largest absolute Gasteiger partial charge is 0.461 e. The number of esters is 1. The van der Waals surface area contributed by atoms with Crippen molar-refractivity contribution in [3.63, 3.8) is 0 Å². The van der Waals surface area contributed by atoms with Crippen LogP contribution in [-0.2, 0) is 14.3 Å². The number of carbonyl (C=O) groups is 2. The van der Waals surface area contributed by atoms with Gasteiger partial charge in [0, 0.05) is 0 Å². The van der Waals surface area contributed by atoms with Crippen molar-refractivity contribution in [2.24, 2.45) is 10.3 Å². The Bertz CT molecular complexity index is 394. The Kier molecular flexibility index (Phi) is 6.69. The van der Waals surface area contributed by atoms with Gasteiger partial charge in [-0.3, -0.25) is 4.79 Å². The molecule has 0 aromatic carbocycles. The number of amides is 1. The quantitative estimate of drug-likeness (QED) is 0.297. The van der Waals surface area contributed by atoms with Crippen molar-refractivity contribution >= 4 is 23.3 Å². The first-order valence-corrected chi connectivity index (χ1v) is 4.66. The number of hydrogen-bond donors (Lipinski definition) is 2. The molecule has 1 amide bonds. The second kappa shape index (κ2) is 7.81. The van der Waals surface area contributed by atoms with E-state index in [0.717, 1.165) is 0 Å². The molecular formula is C9H12N4O4. The van der Waals surface area contributed by atoms with Gasteiger partial charge in [0.05, 0.1) is 18.4 Å². The number of nitrogens with zero attached hydrogens (tertiary/aromatic N) is 3. The van der Waals surface area contributed by atoms with Crippen molar-refractivity contribution in [2.45, 2.75) is 20.3 Å². The molecule has 0 saturated carbocycles. The molecule has 0 aliphatic heterocycles. The molecule has 0 unspecified atom stereocenters. The van der Waals surface area contributed by atoms with E-state index < -0.39 is 17.6 Å². The summed E-state index contributed by atoms with van der Waals surface area (Å²) in [6.07, 6.45) is -0.359. The summed E-state index contributed by atoms with van der Waals surface area (Å²) in [4.78, 5) is 22.1. The minimum absolute atomic E-state index is 0.0303. The SMILES string of the molecule is CCOC(=O)C(=N\O)/C(C)=N/NC(=O)CC#N. The minimum atomic E-state index is -0.856. The van der Waals surface area contributed by atoms with E-state index in [0.29, 0.717) is 0 Å². The molecule has 0 aliphatic rings. The van der Waals surface area contributed by atoms with E-state index in [2.05, 4.69) is 15.0 Å². The highest BCUT2D eigenvalue weighted by atomic mass is 16.5. The lowest BCUT2D eigenvalue weighted by Crippen LogP contribution is -2.28. The van der Waals surface area contributed by atoms with Crippen LogP contribution in [0.1, 0.15) is 20.3 Å². The number of rotatable bonds is 5. The highest BCUT2D eigenvalue weighted by Crippen LogP contribution is 1.89. The van der Waals surface area contributed by atoms with Gasteiger partial charge in [-0.15, -0.1) is 0 Å². The average Bonchev–Trinajstić information content (AvgIpc) is 2.28. The maximum Gasteiger partial charge on any atom is 0.362 e. The van der Waals surface area contributed by atoms with Gasteiger partial charge in [0.15, 0.2) is 0 Å². The fourth-order valence-electron chi connectivity index (χ4n) is 0.771. The van der Waals surface area contributed by atoms with Crippen LogP contribution in [0.15, 0.2) is 10.3 Å². The van der Waals surface area contributed by atoms with Gasteiger partial charge < -0.3 is 9.94 Å². The van der Waals surface area contributed by atoms with E-state index in [1.165, 1.54) is 6.92 Å². The van der Waals surface area contributed by atoms with Crippen LogP contribution in [0.25, 0.3) is 0 Å². The molecule has 92 valence electrons. The Morgan fingerprint density at radius 2 is 2.18 bits per heavy atom. The highest BCUT2D eigenvalue weighted by Gasteiger charge is 2.17. The number of carbonyl (C=O) groups excluding carboxylic acids is 2. The Balaban J connectivity index is 4.61. The lowest BCUT2D eigenvalue weighted by Gasteiger charge is -2.03. The standard InChI is InChI=1S/C9H12N4O4/c1-3-17-9(15)8(13-16)6(2)11-12-7(14)4-5-10/h16H,3-4H2,1-2H3,(H,12,14)/b11-6+,13-8-. The number of hydrogen-bond acceptors (Lipinski definition) is 7. The minimum Gasteiger partial charge on any atom is -0.461 e. The first-order chi connectivity index (χ1) is 8.06. The number of nitriles is 1. The molecule has 0 bridgehead atoms. The van der Waals surface area contributed by atoms with Crippen molar-refractivity contribution < 1.29 is 19.5 Å². The van der Waals surface area contributed by atoms with Gasteiger partial charge in [-0.05, 0) is 13.8 Å². The fourth-order valence-corrected chi connectivity index (χ4v) is 0.771. The average molecular weight is 240 g/mol. The summed E-state index contributed by atoms with van der Waals surface area (Å²) < 4.78 is 4.59. The molecule has 8 heteroatoms. The Hall–Kier alpha value is -2.43. The molecule has 8 nitrogen and oxygen atoms in total. The predicted molar refractivity (Wildman–Crippen MR) is 57.3 cm³/mol. The predicted octanol–water partition coefficient (Wildman–Crippen LogP) is -0.215. The van der Waals surface area contributed by atoms with Crippen LogP contribution in [0, 0.1) is 11.3 Å². The first kappa shape index (κ1) is 14.6. The zero-order valence-electron chi connectivity index (χ0n) is 9.43. The lowest BCUT2D eigenvalue weighted by atomic mass is 10.2. The summed E-state index contributed by atoms with van der Waals surface area (Å²) in [5.74, 6) is -1.49. The van der Waals surface area contributed by atoms with Crippen LogP contribution < -0.4 is 5.43 Å². The van der Waals surface area contributed by atoms with Gasteiger partial charge in [0.25, 0.3) is 5.91 Å². The van der Waals surface area contributed by atoms with Gasteiger partial charge in [0.2, 0.25) is 5.71 Å². The zero-order valence-corrected chi connectivity index (χ0v) is 9.43. The van der Waals surface area contributed by atoms with Crippen LogP contribution in [0.2, 0.25) is 0 Å². The molecule has 0 heterocycles. The molecule has 0 spiro atoms. The maximum atomic E-state index is 11.2. The van der Waals surface area contributed by atoms with Gasteiger partial charge in [0.1, 0.15) is 6.42 Å². The first-order valence-electron chi connectivity index (χ1n) is 4.66. The molecule has 0 rings (SSSR count). The maximum absolute atomic E-state index is 11.2. The van der Waals surface area contributed by atoms with E-state index in [-0.39, 0.29) is 18.7 Å². The van der Waals surface area contributed by atoms with Crippen LogP contribution in [-0.4, -0.2) is 35.1 Å². The summed E-state index contributed by atoms with van der Waals surface area (Å²) in [5.41, 5.74) is 1.58. The van der Waals surface area contributed by atoms with Gasteiger partial charge in [-0.25, -0.2) is 10.2 Å². The summed E-state index contributed by atoms with van der Waals surface area (Å²) in [6.45, 7) is 3.05. The van der Waals surface area contributed by atoms with Crippen molar-refractivity contribution in [3.05, 3.63) is 0 Å². The van der Waals surface area contributed by atoms with Gasteiger partial charge in [-0.2, -0.15) is 10.4 Å². The van der Waals surface area contributed by atoms with E-state index in [4.69, 9.17) is 10.5 Å². The normalized spacial score (nSPS) is 11.6. The van der Waals surface area contributed by atoms with E-state index in [9.17, 15) is 9.59 Å². The highest BCUT2D eigenvalue weighted by molar-refractivity contribution is 6.65. The molecule has 0 aromatic heterocycles. The molecule has 17 heavy (non-hydrogen) atoms. The Morgan fingerprint density at radius 1 is 1.53 bits per heavy atom. The molecule has 0 atom stereocenters. The Labute approximate surface area is 97.5 Å². The summed E-state index contributed by atoms with van der Waals surface area (Å²) in [6, 6.07) is 1.62. The van der Waals surface area contributed by atoms with E-state index in [1.54, 1.807) is 13.0 Å². The van der Waals surface area contributed by atoms with Crippen molar-refractivity contribution in [1.82, 2.24) is 5.43 Å². The molecule has 0 saturated heterocycles. The topological polar surface area (TPSA) is 124 Å². The molecule has 2 N–H and O–H groups in total. The second-order valence-electron chi connectivity index (χ2n) is 2.74. The number of oxime groups is 1. The van der Waals surface area contributed by atoms with Crippen LogP contribution in [0.5, 0.6) is 0 Å². The fraction of sp³-hybridized carbons (Fsp3) is 0.444. The van der Waals surface area contributed by atoms with Gasteiger partial charge >= 0.3 is 5.97 Å². The van der Waals surface area contributed by atoms with Crippen LogP contribution in [0.3, 0.4) is 0 Å². The summed E-state index contributed by atoms with van der Waals surface area (Å²) in [7, 11) is 0. The molecule has 0 fully saturated rings. The van der Waals surface area contributed by atoms with Crippen molar-refractivity contribution in [2.75, 3.05) is 6.61 Å². The Morgan fingerprint density at radius 3 is 2.65 bits per heavy atom. The zero-order chi connectivity index (χ0) is 13.3. The van der Waals surface area contributed by atoms with E-state index >= 15 is 0 Å². The monoisotopic (exact) mass is 240 g/mol. The van der Waals surface area contributed by atoms with E-state index in [1.807, 2.05) is 5.43 Å². The smallest absolute Gasteiger partial charge is 0.362 e. The molecule has 0 aliphatic carbocycles. The van der Waals surface area contributed by atoms with Crippen molar-refractivity contribution in [1.29, 1.82) is 5.26 Å². The van der Waals surface area contributed by atoms with Crippen LogP contribution >= 0.6 is 0 Å². The summed E-state index contributed by atoms with van der Waals surface area (Å²) in [5, 5.41) is 23.0. The molecule has 0 aromatic rings. The molecular weight excluding hydrogens is 228 g/mol. The second-order valence-corrected chi connectivity index (χ2v) is 2.74. The number of ether oxygens (including phenoxy) is 1. The lowest BCUT2D eigenvalue weighted by molar-refractivity contribution is -0.135. The van der Waals surface area contributed by atoms with Gasteiger partial charge in [-0.1, -0.05) is 5.16 Å².